The molecular weight excluding hydrogens is 845 g/mol. The molecule has 9 radical (unpaired) electrons. The predicted octanol–water partition coefficient (Wildman–Crippen LogP) is 1.66. The van der Waals surface area contributed by atoms with Gasteiger partial charge in [0, 0.05) is 25.2 Å². The quantitative estimate of drug-likeness (QED) is 0.165. The summed E-state index contributed by atoms with van der Waals surface area (Å²) in [7, 11) is 0. The van der Waals surface area contributed by atoms with E-state index in [0.717, 1.165) is 8.25 Å². The van der Waals surface area contributed by atoms with E-state index < -0.39 is 95.9 Å². The second kappa shape index (κ2) is 39.3. The van der Waals surface area contributed by atoms with Crippen molar-refractivity contribution in [2.24, 2.45) is 0 Å². The van der Waals surface area contributed by atoms with E-state index in [1.54, 1.807) is 0 Å². The molecule has 1 saturated heterocycles. The summed E-state index contributed by atoms with van der Waals surface area (Å²) in [6.07, 6.45) is 1.78. The number of aliphatic hydroxyl groups excluding tert-OH is 1. The maximum absolute atomic E-state index is 9.75. The van der Waals surface area contributed by atoms with Gasteiger partial charge in [0.25, 0.3) is 0 Å². The summed E-state index contributed by atoms with van der Waals surface area (Å²) in [5.41, 5.74) is 0. The van der Waals surface area contributed by atoms with E-state index in [1.807, 2.05) is 13.8 Å². The standard InChI is InChI=1S/C5H9NO2Xe.C5H7NO2Xe.C4H8O2Xe.3B.HI/c2*1-3-5(6-2)8-9-4-7;1-2-4-5-3-7-6-4;;;;/h5,7H,3-4H2,1H3;4-5H,3H2,1H3;4H,2-3H2,1H3;;;;1H. The molecule has 0 aromatic heterocycles. The summed E-state index contributed by atoms with van der Waals surface area (Å²) in [6, 6.07) is 0. The number of rotatable bonds is 9. The molecule has 3 atom stereocenters. The molecule has 1 aliphatic heterocycles. The van der Waals surface area contributed by atoms with Gasteiger partial charge in [0.2, 0.25) is 0 Å². The van der Waals surface area contributed by atoms with Crippen molar-refractivity contribution in [3.8, 4) is 0 Å². The molecule has 1 heterocycles. The number of carbonyl (C=O) groups excluding carboxylic acids is 1. The van der Waals surface area contributed by atoms with Gasteiger partial charge in [-0.15, -0.1) is 24.0 Å². The Hall–Kier alpha value is 4.09. The first kappa shape index (κ1) is 46.4. The van der Waals surface area contributed by atoms with Crippen molar-refractivity contribution in [1.82, 2.24) is 0 Å². The van der Waals surface area contributed by atoms with Gasteiger partial charge in [0.05, 0.1) is 0 Å². The SMILES string of the molecule is CCC1OC[Xe]O1.I.[B].[B].[B].[C-]#[N+]C(CC)O[Xe]C=O.[C-]#[N+]C(CC)O[Xe]CO. The van der Waals surface area contributed by atoms with Crippen LogP contribution in [0.25, 0.3) is 9.69 Å². The molecule has 167 valence electrons. The Labute approximate surface area is 276 Å². The van der Waals surface area contributed by atoms with Crippen LogP contribution in [0.1, 0.15) is 40.0 Å². The van der Waals surface area contributed by atoms with Crippen molar-refractivity contribution in [2.45, 2.75) is 58.8 Å². The minimum atomic E-state index is -0.665. The monoisotopic (exact) mass is 873 g/mol. The number of hydrogen-bond donors (Lipinski definition) is 1. The van der Waals surface area contributed by atoms with E-state index in [4.69, 9.17) is 23.2 Å². The number of ether oxygens (including phenoxy) is 1. The summed E-state index contributed by atoms with van der Waals surface area (Å²) in [6.45, 7) is 18.9. The van der Waals surface area contributed by atoms with Crippen molar-refractivity contribution in [3.63, 3.8) is 0 Å². The third-order valence-corrected chi connectivity index (χ3v) is 5.74. The molecule has 1 N–H and O–H groups in total. The zero-order valence-corrected chi connectivity index (χ0v) is 24.8. The van der Waals surface area contributed by atoms with E-state index in [1.165, 1.54) is 0 Å². The van der Waals surface area contributed by atoms with Crippen LogP contribution in [-0.4, -0.2) is 52.0 Å². The molecule has 15 heteroatoms. The zero-order chi connectivity index (χ0) is 19.3. The van der Waals surface area contributed by atoms with Gasteiger partial charge in [-0.05, 0) is 0 Å². The van der Waals surface area contributed by atoms with Crippen LogP contribution in [0.5, 0.6) is 0 Å². The van der Waals surface area contributed by atoms with Crippen LogP contribution in [0.4, 0.5) is 0 Å². The molecule has 0 aromatic carbocycles. The minimum absolute atomic E-state index is 0. The second-order valence-electron chi connectivity index (χ2n) is 3.82. The van der Waals surface area contributed by atoms with Gasteiger partial charge in [-0.25, -0.2) is 0 Å². The molecule has 0 bridgehead atoms. The number of aliphatic hydroxyl groups is 1. The molecule has 1 fully saturated rings. The second-order valence-corrected chi connectivity index (χ2v) is 8.59. The normalized spacial score (nSPS) is 15.7. The molecule has 0 spiro atoms. The first-order valence-corrected chi connectivity index (χ1v) is 13.7. The zero-order valence-electron chi connectivity index (χ0n) is 16.4. The van der Waals surface area contributed by atoms with Crippen molar-refractivity contribution < 1.29 is 149 Å². The van der Waals surface area contributed by atoms with E-state index in [9.17, 15) is 4.79 Å². The Morgan fingerprint density at radius 1 is 1.17 bits per heavy atom. The van der Waals surface area contributed by atoms with E-state index >= 15 is 0 Å². The molecule has 8 nitrogen and oxygen atoms in total. The average molecular weight is 871 g/mol. The van der Waals surface area contributed by atoms with Crippen molar-refractivity contribution >= 4 is 50.0 Å². The molecule has 0 saturated carbocycles. The van der Waals surface area contributed by atoms with Gasteiger partial charge in [0.15, 0.2) is 0 Å². The summed E-state index contributed by atoms with van der Waals surface area (Å²) in [5.74, 6) is 0. The van der Waals surface area contributed by atoms with Gasteiger partial charge < -0.3 is 0 Å². The van der Waals surface area contributed by atoms with Gasteiger partial charge in [-0.2, -0.15) is 0 Å². The first-order valence-electron chi connectivity index (χ1n) is 7.23. The molecule has 29 heavy (non-hydrogen) atoms. The molecule has 3 unspecified atom stereocenters. The van der Waals surface area contributed by atoms with Gasteiger partial charge in [-0.1, -0.05) is 0 Å². The van der Waals surface area contributed by atoms with Crippen molar-refractivity contribution in [2.75, 3.05) is 2.15 Å². The Kier molecular flexibility index (Phi) is 62.9. The van der Waals surface area contributed by atoms with Crippen LogP contribution in [0.3, 0.4) is 0 Å². The summed E-state index contributed by atoms with van der Waals surface area (Å²) in [5, 5.41) is 8.32. The van der Waals surface area contributed by atoms with Crippen LogP contribution >= 0.6 is 24.0 Å². The average Bonchev–Trinajstić information content (AvgIpc) is 3.18. The van der Waals surface area contributed by atoms with E-state index in [2.05, 4.69) is 16.6 Å². The molecular formula is C14H25B3IN2O6Xe3. The predicted molar refractivity (Wildman–Crippen MR) is 111 cm³/mol. The number of hydrogen-bond acceptors (Lipinski definition) is 6. The number of carbonyl (C=O) groups is 1. The molecule has 0 aliphatic carbocycles. The molecule has 0 aromatic rings. The van der Waals surface area contributed by atoms with Gasteiger partial charge in [0.1, 0.15) is 0 Å². The summed E-state index contributed by atoms with van der Waals surface area (Å²) >= 11 is -0.975. The Morgan fingerprint density at radius 2 is 1.69 bits per heavy atom. The van der Waals surface area contributed by atoms with Crippen LogP contribution in [-0.2, 0) is 9.70 Å². The number of halogens is 1. The Morgan fingerprint density at radius 3 is 1.97 bits per heavy atom. The third kappa shape index (κ3) is 34.3. The van der Waals surface area contributed by atoms with Crippen molar-refractivity contribution in [3.05, 3.63) is 22.8 Å². The first-order chi connectivity index (χ1) is 12.1. The fourth-order valence-electron chi connectivity index (χ4n) is 0.888. The fraction of sp³-hybridized carbons (Fsp3) is 0.786. The van der Waals surface area contributed by atoms with Crippen LogP contribution in [0.15, 0.2) is 0 Å². The van der Waals surface area contributed by atoms with Gasteiger partial charge in [-0.3, -0.25) is 0 Å². The van der Waals surface area contributed by atoms with Crippen LogP contribution in [0, 0.1) is 148 Å². The Bertz CT molecular complexity index is 406. The van der Waals surface area contributed by atoms with E-state index in [0.29, 0.717) is 12.8 Å². The van der Waals surface area contributed by atoms with E-state index in [-0.39, 0.29) is 108 Å². The third-order valence-electron chi connectivity index (χ3n) is 2.14. The maximum atomic E-state index is 9.75. The van der Waals surface area contributed by atoms with Crippen LogP contribution < -0.4 is 0 Å². The molecule has 1 aliphatic rings. The number of nitrogens with zero attached hydrogens (tertiary/aromatic N) is 2. The summed E-state index contributed by atoms with van der Waals surface area (Å²) < 4.78 is 21.8. The van der Waals surface area contributed by atoms with Gasteiger partial charge >= 0.3 is 234 Å². The topological polar surface area (TPSA) is 82.9 Å². The molecule has 1 rings (SSSR count). The fourth-order valence-corrected chi connectivity index (χ4v) is 4.24. The Balaban J connectivity index is -0.0000000643. The van der Waals surface area contributed by atoms with Crippen molar-refractivity contribution in [1.29, 1.82) is 0 Å². The van der Waals surface area contributed by atoms with Crippen LogP contribution in [0.2, 0.25) is 0 Å². The summed E-state index contributed by atoms with van der Waals surface area (Å²) in [4.78, 5) is 16.1. The molecule has 0 amide bonds.